The van der Waals surface area contributed by atoms with Gasteiger partial charge in [-0.25, -0.2) is 0 Å². The molecule has 0 N–H and O–H groups in total. The third-order valence-corrected chi connectivity index (χ3v) is 2.34. The van der Waals surface area contributed by atoms with Crippen molar-refractivity contribution in [2.45, 2.75) is 6.54 Å². The third kappa shape index (κ3) is 2.33. The van der Waals surface area contributed by atoms with E-state index in [1.54, 1.807) is 29.5 Å². The second kappa shape index (κ2) is 4.11. The van der Waals surface area contributed by atoms with E-state index in [1.807, 2.05) is 6.07 Å². The molecule has 2 aromatic heterocycles. The van der Waals surface area contributed by atoms with Gasteiger partial charge < -0.3 is 0 Å². The summed E-state index contributed by atoms with van der Waals surface area (Å²) in [7, 11) is 0. The van der Waals surface area contributed by atoms with Crippen molar-refractivity contribution in [2.24, 2.45) is 0 Å². The smallest absolute Gasteiger partial charge is 0.0785 e. The number of hydrogen-bond acceptors (Lipinski definition) is 2. The molecule has 0 aromatic carbocycles. The molecule has 0 bridgehead atoms. The summed E-state index contributed by atoms with van der Waals surface area (Å²) in [6, 6.07) is 2.00. The fraction of sp³-hybridized carbons (Fsp3) is 0.111. The molecule has 0 amide bonds. The molecule has 0 aliphatic heterocycles. The lowest BCUT2D eigenvalue weighted by molar-refractivity contribution is 0.684. The largest absolute Gasteiger partial charge is 0.267 e. The minimum Gasteiger partial charge on any atom is -0.267 e. The molecule has 2 rings (SSSR count). The highest BCUT2D eigenvalue weighted by Crippen LogP contribution is 2.11. The van der Waals surface area contributed by atoms with Crippen LogP contribution in [0.4, 0.5) is 0 Å². The topological polar surface area (TPSA) is 30.7 Å². The van der Waals surface area contributed by atoms with Crippen LogP contribution in [0.2, 0.25) is 5.02 Å². The Morgan fingerprint density at radius 3 is 2.86 bits per heavy atom. The monoisotopic (exact) mass is 271 g/mol. The Morgan fingerprint density at radius 1 is 1.36 bits per heavy atom. The Balaban J connectivity index is 2.18. The van der Waals surface area contributed by atoms with E-state index in [2.05, 4.69) is 26.0 Å². The second-order valence-corrected chi connectivity index (χ2v) is 4.22. The van der Waals surface area contributed by atoms with Crippen molar-refractivity contribution in [1.29, 1.82) is 0 Å². The molecular formula is C9H7BrClN3. The molecule has 2 heterocycles. The number of aromatic nitrogens is 3. The van der Waals surface area contributed by atoms with Crippen molar-refractivity contribution in [3.05, 3.63) is 45.9 Å². The molecular weight excluding hydrogens is 265 g/mol. The summed E-state index contributed by atoms with van der Waals surface area (Å²) in [5.74, 6) is 0. The fourth-order valence-electron chi connectivity index (χ4n) is 1.15. The number of hydrogen-bond donors (Lipinski definition) is 0. The van der Waals surface area contributed by atoms with Gasteiger partial charge in [0.1, 0.15) is 0 Å². The van der Waals surface area contributed by atoms with Crippen LogP contribution in [-0.2, 0) is 6.54 Å². The van der Waals surface area contributed by atoms with Gasteiger partial charge in [0.2, 0.25) is 0 Å². The van der Waals surface area contributed by atoms with Crippen molar-refractivity contribution in [3.8, 4) is 0 Å². The molecule has 5 heteroatoms. The van der Waals surface area contributed by atoms with Gasteiger partial charge in [-0.15, -0.1) is 0 Å². The first-order chi connectivity index (χ1) is 6.74. The van der Waals surface area contributed by atoms with Gasteiger partial charge in [0.05, 0.1) is 17.8 Å². The van der Waals surface area contributed by atoms with Crippen LogP contribution in [0.15, 0.2) is 35.3 Å². The van der Waals surface area contributed by atoms with Gasteiger partial charge in [0.15, 0.2) is 0 Å². The van der Waals surface area contributed by atoms with E-state index in [0.29, 0.717) is 11.6 Å². The lowest BCUT2D eigenvalue weighted by atomic mass is 10.3. The number of rotatable bonds is 2. The standard InChI is InChI=1S/C9H7BrClN3/c10-8-1-7(2-12-3-8)5-14-6-9(11)4-13-14/h1-4,6H,5H2. The highest BCUT2D eigenvalue weighted by Gasteiger charge is 1.98. The van der Waals surface area contributed by atoms with Crippen LogP contribution in [0.25, 0.3) is 0 Å². The van der Waals surface area contributed by atoms with Crippen LogP contribution in [0.5, 0.6) is 0 Å². The van der Waals surface area contributed by atoms with Crippen molar-refractivity contribution in [2.75, 3.05) is 0 Å². The fourth-order valence-corrected chi connectivity index (χ4v) is 1.72. The summed E-state index contributed by atoms with van der Waals surface area (Å²) < 4.78 is 2.74. The maximum atomic E-state index is 5.75. The van der Waals surface area contributed by atoms with E-state index in [0.717, 1.165) is 10.0 Å². The van der Waals surface area contributed by atoms with Crippen LogP contribution < -0.4 is 0 Å². The maximum absolute atomic E-state index is 5.75. The Labute approximate surface area is 94.9 Å². The summed E-state index contributed by atoms with van der Waals surface area (Å²) >= 11 is 9.11. The van der Waals surface area contributed by atoms with E-state index >= 15 is 0 Å². The van der Waals surface area contributed by atoms with Crippen molar-refractivity contribution in [3.63, 3.8) is 0 Å². The number of pyridine rings is 1. The van der Waals surface area contributed by atoms with E-state index in [-0.39, 0.29) is 0 Å². The van der Waals surface area contributed by atoms with E-state index in [9.17, 15) is 0 Å². The van der Waals surface area contributed by atoms with Gasteiger partial charge in [-0.3, -0.25) is 9.67 Å². The molecule has 0 aliphatic carbocycles. The molecule has 0 unspecified atom stereocenters. The highest BCUT2D eigenvalue weighted by molar-refractivity contribution is 9.10. The molecule has 72 valence electrons. The predicted molar refractivity (Wildman–Crippen MR) is 58.3 cm³/mol. The molecule has 0 radical (unpaired) electrons. The zero-order valence-electron chi connectivity index (χ0n) is 7.19. The van der Waals surface area contributed by atoms with Crippen molar-refractivity contribution >= 4 is 27.5 Å². The molecule has 0 saturated heterocycles. The molecule has 3 nitrogen and oxygen atoms in total. The van der Waals surface area contributed by atoms with Crippen LogP contribution >= 0.6 is 27.5 Å². The number of halogens is 2. The average molecular weight is 273 g/mol. The molecule has 0 aliphatic rings. The second-order valence-electron chi connectivity index (χ2n) is 2.87. The van der Waals surface area contributed by atoms with Crippen LogP contribution in [0.1, 0.15) is 5.56 Å². The van der Waals surface area contributed by atoms with E-state index < -0.39 is 0 Å². The Morgan fingerprint density at radius 2 is 2.21 bits per heavy atom. The van der Waals surface area contributed by atoms with Gasteiger partial charge in [-0.05, 0) is 27.6 Å². The summed E-state index contributed by atoms with van der Waals surface area (Å²) in [5.41, 5.74) is 1.08. The normalized spacial score (nSPS) is 10.4. The van der Waals surface area contributed by atoms with Gasteiger partial charge in [0, 0.05) is 23.1 Å². The lowest BCUT2D eigenvalue weighted by Gasteiger charge is -2.00. The Hall–Kier alpha value is -0.870. The van der Waals surface area contributed by atoms with Crippen molar-refractivity contribution < 1.29 is 0 Å². The summed E-state index contributed by atoms with van der Waals surface area (Å²) in [6.45, 7) is 0.680. The molecule has 0 spiro atoms. The quantitative estimate of drug-likeness (QED) is 0.841. The van der Waals surface area contributed by atoms with Gasteiger partial charge in [-0.2, -0.15) is 5.10 Å². The first-order valence-corrected chi connectivity index (χ1v) is 5.18. The van der Waals surface area contributed by atoms with Crippen LogP contribution in [0.3, 0.4) is 0 Å². The zero-order chi connectivity index (χ0) is 9.97. The molecule has 0 atom stereocenters. The van der Waals surface area contributed by atoms with Crippen molar-refractivity contribution in [1.82, 2.24) is 14.8 Å². The van der Waals surface area contributed by atoms with Crippen LogP contribution in [-0.4, -0.2) is 14.8 Å². The number of nitrogens with zero attached hydrogens (tertiary/aromatic N) is 3. The third-order valence-electron chi connectivity index (χ3n) is 1.71. The molecule has 14 heavy (non-hydrogen) atoms. The first-order valence-electron chi connectivity index (χ1n) is 4.01. The minimum atomic E-state index is 0.646. The van der Waals surface area contributed by atoms with Gasteiger partial charge in [0.25, 0.3) is 0 Å². The van der Waals surface area contributed by atoms with Gasteiger partial charge in [-0.1, -0.05) is 11.6 Å². The zero-order valence-corrected chi connectivity index (χ0v) is 9.53. The van der Waals surface area contributed by atoms with Gasteiger partial charge >= 0.3 is 0 Å². The average Bonchev–Trinajstić information content (AvgIpc) is 2.51. The van der Waals surface area contributed by atoms with E-state index in [1.165, 1.54) is 0 Å². The van der Waals surface area contributed by atoms with Crippen LogP contribution in [0, 0.1) is 0 Å². The minimum absolute atomic E-state index is 0.646. The molecule has 0 fully saturated rings. The molecule has 0 saturated carbocycles. The van der Waals surface area contributed by atoms with E-state index in [4.69, 9.17) is 11.6 Å². The molecule has 2 aromatic rings. The lowest BCUT2D eigenvalue weighted by Crippen LogP contribution is -1.99. The first kappa shape index (κ1) is 9.68. The Kier molecular flexibility index (Phi) is 2.84. The SMILES string of the molecule is Clc1cnn(Cc2cncc(Br)c2)c1. The summed E-state index contributed by atoms with van der Waals surface area (Å²) in [5, 5.41) is 4.73. The summed E-state index contributed by atoms with van der Waals surface area (Å²) in [4.78, 5) is 4.07. The summed E-state index contributed by atoms with van der Waals surface area (Å²) in [6.07, 6.45) is 6.95. The maximum Gasteiger partial charge on any atom is 0.0785 e. The Bertz CT molecular complexity index is 441. The highest BCUT2D eigenvalue weighted by atomic mass is 79.9. The predicted octanol–water partition coefficient (Wildman–Crippen LogP) is 2.74.